The largest absolute Gasteiger partial charge is 0.455 e. The summed E-state index contributed by atoms with van der Waals surface area (Å²) in [6.45, 7) is 7.19. The smallest absolute Gasteiger partial charge is 0.210 e. The molecule has 5 aliphatic heterocycles. The summed E-state index contributed by atoms with van der Waals surface area (Å²) in [6, 6.07) is 4.95. The molecule has 0 amide bonds. The molecule has 5 heterocycles. The summed E-state index contributed by atoms with van der Waals surface area (Å²) in [7, 11) is -4.94. The van der Waals surface area contributed by atoms with E-state index < -0.39 is 10.2 Å². The Balaban J connectivity index is 0.000000398. The van der Waals surface area contributed by atoms with Gasteiger partial charge in [-0.25, -0.2) is 23.2 Å². The number of fused-ring (bicyclic) bond motifs is 4. The lowest BCUT2D eigenvalue weighted by Crippen LogP contribution is -2.68. The van der Waals surface area contributed by atoms with Crippen molar-refractivity contribution in [2.75, 3.05) is 31.1 Å². The lowest BCUT2D eigenvalue weighted by molar-refractivity contribution is -2.00. The quantitative estimate of drug-likeness (QED) is 0.414. The van der Waals surface area contributed by atoms with Crippen LogP contribution < -0.4 is 43.4 Å². The van der Waals surface area contributed by atoms with Gasteiger partial charge in [0.2, 0.25) is 5.36 Å². The van der Waals surface area contributed by atoms with Gasteiger partial charge in [0.05, 0.1) is 5.56 Å². The molecule has 5 aliphatic rings. The number of nitrogens with zero attached hydrogens (tertiary/aromatic N) is 2. The molecule has 0 spiro atoms. The molecule has 7 rings (SSSR count). The van der Waals surface area contributed by atoms with Gasteiger partial charge >= 0.3 is 0 Å². The summed E-state index contributed by atoms with van der Waals surface area (Å²) < 4.78 is 43.5. The Kier molecular flexibility index (Phi) is 5.39. The zero-order valence-corrected chi connectivity index (χ0v) is 20.2. The van der Waals surface area contributed by atoms with E-state index >= 15 is 0 Å². The minimum atomic E-state index is -4.94. The van der Waals surface area contributed by atoms with E-state index in [1.165, 1.54) is 115 Å². The minimum absolute atomic E-state index is 1.16. The highest BCUT2D eigenvalue weighted by atomic mass is 35.7. The number of ether oxygens (including phenoxy) is 1. The van der Waals surface area contributed by atoms with E-state index in [0.29, 0.717) is 0 Å². The molecule has 0 unspecified atom stereocenters. The fraction of sp³-hybridized carbons (Fsp3) is 0.500. The highest BCUT2D eigenvalue weighted by Crippen LogP contribution is 2.47. The highest BCUT2D eigenvalue weighted by molar-refractivity contribution is 5.81. The maximum absolute atomic E-state index is 8.49. The maximum Gasteiger partial charge on any atom is 0.210 e. The minimum Gasteiger partial charge on any atom is -0.455 e. The van der Waals surface area contributed by atoms with Crippen molar-refractivity contribution in [3.05, 3.63) is 50.5 Å². The van der Waals surface area contributed by atoms with Crippen molar-refractivity contribution >= 4 is 11.3 Å². The number of aryl methyl sites for hydroxylation is 2. The molecule has 0 aromatic heterocycles. The first kappa shape index (κ1) is 22.3. The molecule has 0 saturated heterocycles. The van der Waals surface area contributed by atoms with Crippen LogP contribution in [0.3, 0.4) is 0 Å². The third-order valence-corrected chi connectivity index (χ3v) is 7.96. The van der Waals surface area contributed by atoms with E-state index in [9.17, 15) is 0 Å². The van der Waals surface area contributed by atoms with E-state index in [1.54, 1.807) is 11.1 Å². The molecule has 0 N–H and O–H groups in total. The van der Waals surface area contributed by atoms with Gasteiger partial charge in [-0.3, -0.25) is 0 Å². The first-order valence-corrected chi connectivity index (χ1v) is 13.5. The van der Waals surface area contributed by atoms with Gasteiger partial charge in [-0.15, -0.1) is 10.2 Å². The average Bonchev–Trinajstić information content (AvgIpc) is 2.80. The molecule has 180 valence electrons. The molecular weight excluding hydrogens is 456 g/mol. The lowest BCUT2D eigenvalue weighted by atomic mass is 9.85. The Morgan fingerprint density at radius 3 is 2.24 bits per heavy atom. The molecule has 0 atom stereocenters. The Labute approximate surface area is 201 Å². The predicted molar refractivity (Wildman–Crippen MR) is 117 cm³/mol. The molecule has 0 aliphatic carbocycles. The van der Waals surface area contributed by atoms with Gasteiger partial charge in [0.15, 0.2) is 0 Å². The molecule has 7 nitrogen and oxygen atoms in total. The van der Waals surface area contributed by atoms with Crippen LogP contribution in [0.2, 0.25) is 0 Å². The highest BCUT2D eigenvalue weighted by Gasteiger charge is 2.34. The Morgan fingerprint density at radius 1 is 0.824 bits per heavy atom. The van der Waals surface area contributed by atoms with Crippen molar-refractivity contribution in [1.29, 1.82) is 0 Å². The number of anilines is 1. The SMILES string of the molecule is CC1=c2cc3c4c(c2Oc2c1cc1c5c2CCCN5CCC1)CCC[N+]=4CCC3.[O-][Cl+3]([O-])([O-])[O-]. The predicted octanol–water partition coefficient (Wildman–Crippen LogP) is -1.66. The van der Waals surface area contributed by atoms with Gasteiger partial charge in [0.1, 0.15) is 24.6 Å². The number of hydrogen-bond donors (Lipinski definition) is 0. The molecular formula is C26H29ClN2O5. The molecule has 8 heteroatoms. The van der Waals surface area contributed by atoms with Gasteiger partial charge in [-0.05, 0) is 68.7 Å². The molecule has 0 fully saturated rings. The Bertz CT molecular complexity index is 1300. The number of rotatable bonds is 0. The summed E-state index contributed by atoms with van der Waals surface area (Å²) in [4.78, 5) is 2.63. The van der Waals surface area contributed by atoms with Gasteiger partial charge in [-0.1, -0.05) is 0 Å². The second-order valence-corrected chi connectivity index (χ2v) is 10.7. The van der Waals surface area contributed by atoms with Crippen LogP contribution >= 0.6 is 0 Å². The first-order valence-electron chi connectivity index (χ1n) is 12.3. The van der Waals surface area contributed by atoms with Crippen LogP contribution in [0, 0.1) is 10.2 Å². The zero-order valence-electron chi connectivity index (χ0n) is 19.5. The van der Waals surface area contributed by atoms with Crippen LogP contribution in [-0.2, 0) is 25.7 Å². The average molecular weight is 485 g/mol. The third-order valence-electron chi connectivity index (χ3n) is 7.96. The lowest BCUT2D eigenvalue weighted by Gasteiger charge is -2.39. The molecule has 0 radical (unpaired) electrons. The van der Waals surface area contributed by atoms with Crippen LogP contribution in [0.5, 0.6) is 11.5 Å². The van der Waals surface area contributed by atoms with E-state index in [-0.39, 0.29) is 0 Å². The Morgan fingerprint density at radius 2 is 1.47 bits per heavy atom. The van der Waals surface area contributed by atoms with E-state index in [0.717, 1.165) is 12.8 Å². The van der Waals surface area contributed by atoms with Crippen molar-refractivity contribution in [3.8, 4) is 11.5 Å². The zero-order chi connectivity index (χ0) is 23.6. The number of hydrogen-bond acceptors (Lipinski definition) is 6. The second kappa shape index (κ2) is 8.21. The standard InChI is InChI=1S/C26H29N2O.ClHO4/c1-16-21-14-17-6-2-10-27-12-4-8-19(23(17)27)25(21)29-26-20-9-5-13-28-11-3-7-18(24(20)28)15-22(16)26;2-1(3,4)5/h14-15H,2-13H2,1H3;(H,2,3,4,5)/q+1;/p-1. The van der Waals surface area contributed by atoms with Crippen molar-refractivity contribution in [3.63, 3.8) is 0 Å². The van der Waals surface area contributed by atoms with Crippen LogP contribution in [0.1, 0.15) is 60.4 Å². The molecule has 34 heavy (non-hydrogen) atoms. The normalized spacial score (nSPS) is 19.7. The van der Waals surface area contributed by atoms with Crippen LogP contribution in [0.4, 0.5) is 5.69 Å². The summed E-state index contributed by atoms with van der Waals surface area (Å²) in [5.41, 5.74) is 10.4. The maximum atomic E-state index is 8.49. The van der Waals surface area contributed by atoms with Gasteiger partial charge in [-0.2, -0.15) is 0 Å². The van der Waals surface area contributed by atoms with E-state index in [4.69, 9.17) is 23.4 Å². The second-order valence-electron chi connectivity index (χ2n) is 9.97. The van der Waals surface area contributed by atoms with E-state index in [1.807, 2.05) is 0 Å². The van der Waals surface area contributed by atoms with Gasteiger partial charge in [0.25, 0.3) is 0 Å². The molecule has 2 aromatic rings. The molecule has 0 bridgehead atoms. The van der Waals surface area contributed by atoms with Crippen molar-refractivity contribution in [1.82, 2.24) is 4.58 Å². The monoisotopic (exact) mass is 484 g/mol. The Hall–Kier alpha value is -2.16. The number of benzene rings is 2. The summed E-state index contributed by atoms with van der Waals surface area (Å²) in [5.74, 6) is 2.37. The molecule has 2 aromatic carbocycles. The summed E-state index contributed by atoms with van der Waals surface area (Å²) >= 11 is 0. The first-order chi connectivity index (χ1) is 16.3. The molecule has 0 saturated carbocycles. The van der Waals surface area contributed by atoms with Crippen LogP contribution in [0.25, 0.3) is 5.57 Å². The third kappa shape index (κ3) is 3.71. The summed E-state index contributed by atoms with van der Waals surface area (Å²) in [6.07, 6.45) is 9.84. The topological polar surface area (TPSA) is 108 Å². The fourth-order valence-corrected chi connectivity index (χ4v) is 6.70. The van der Waals surface area contributed by atoms with Crippen molar-refractivity contribution in [2.24, 2.45) is 0 Å². The fourth-order valence-electron chi connectivity index (χ4n) is 6.70. The van der Waals surface area contributed by atoms with Crippen LogP contribution in [-0.4, -0.2) is 26.2 Å². The van der Waals surface area contributed by atoms with Gasteiger partial charge in [0, 0.05) is 53.5 Å². The van der Waals surface area contributed by atoms with E-state index in [2.05, 4.69) is 28.5 Å². The number of halogens is 1. The van der Waals surface area contributed by atoms with Crippen molar-refractivity contribution in [2.45, 2.75) is 58.3 Å². The summed E-state index contributed by atoms with van der Waals surface area (Å²) in [5, 5.41) is 2.89. The van der Waals surface area contributed by atoms with Gasteiger partial charge < -0.3 is 9.64 Å². The van der Waals surface area contributed by atoms with Crippen molar-refractivity contribution < 1.29 is 33.6 Å². The van der Waals surface area contributed by atoms with Crippen LogP contribution in [0.15, 0.2) is 12.1 Å².